The monoisotopic (exact) mass is 379 g/mol. The van der Waals surface area contributed by atoms with Gasteiger partial charge in [0.15, 0.2) is 0 Å². The van der Waals surface area contributed by atoms with Gasteiger partial charge in [-0.25, -0.2) is 0 Å². The highest BCUT2D eigenvalue weighted by molar-refractivity contribution is 5.85. The number of nitrogens with zero attached hydrogens (tertiary/aromatic N) is 3. The van der Waals surface area contributed by atoms with Crippen LogP contribution in [0, 0.1) is 12.8 Å². The van der Waals surface area contributed by atoms with Crippen LogP contribution in [0.4, 0.5) is 0 Å². The Labute approximate surface area is 167 Å². The van der Waals surface area contributed by atoms with E-state index < -0.39 is 0 Å². The summed E-state index contributed by atoms with van der Waals surface area (Å²) in [5, 5.41) is 0. The highest BCUT2D eigenvalue weighted by atomic mass is 16.2. The van der Waals surface area contributed by atoms with E-state index in [2.05, 4.69) is 24.0 Å². The highest BCUT2D eigenvalue weighted by Gasteiger charge is 2.41. The molecule has 28 heavy (non-hydrogen) atoms. The SMILES string of the molecule is CCN1C(=O)CC[C@@H](C(=O)N(C)CCc2ccccn2)[C@@H]1c1ccccc1C. The van der Waals surface area contributed by atoms with Crippen molar-refractivity contribution in [1.82, 2.24) is 14.8 Å². The fourth-order valence-corrected chi connectivity index (χ4v) is 4.11. The van der Waals surface area contributed by atoms with Crippen LogP contribution >= 0.6 is 0 Å². The lowest BCUT2D eigenvalue weighted by atomic mass is 9.81. The summed E-state index contributed by atoms with van der Waals surface area (Å²) in [5.74, 6) is 0.0264. The Morgan fingerprint density at radius 1 is 1.21 bits per heavy atom. The molecule has 2 aromatic rings. The van der Waals surface area contributed by atoms with Gasteiger partial charge in [0.1, 0.15) is 0 Å². The molecule has 5 heteroatoms. The first-order chi connectivity index (χ1) is 13.5. The molecule has 0 unspecified atom stereocenters. The van der Waals surface area contributed by atoms with Gasteiger partial charge >= 0.3 is 0 Å². The lowest BCUT2D eigenvalue weighted by molar-refractivity contribution is -0.147. The molecule has 1 saturated heterocycles. The second kappa shape index (κ2) is 9.00. The van der Waals surface area contributed by atoms with E-state index in [0.717, 1.165) is 23.2 Å². The molecule has 1 aliphatic rings. The van der Waals surface area contributed by atoms with Crippen molar-refractivity contribution in [2.75, 3.05) is 20.1 Å². The first-order valence-corrected chi connectivity index (χ1v) is 10.0. The Bertz CT molecular complexity index is 822. The molecule has 0 aliphatic carbocycles. The zero-order valence-corrected chi connectivity index (χ0v) is 17.0. The second-order valence-electron chi connectivity index (χ2n) is 7.46. The van der Waals surface area contributed by atoms with E-state index >= 15 is 0 Å². The Hall–Kier alpha value is -2.69. The predicted molar refractivity (Wildman–Crippen MR) is 110 cm³/mol. The second-order valence-corrected chi connectivity index (χ2v) is 7.46. The first-order valence-electron chi connectivity index (χ1n) is 10.0. The van der Waals surface area contributed by atoms with Crippen LogP contribution in [-0.2, 0) is 16.0 Å². The molecule has 3 rings (SSSR count). The lowest BCUT2D eigenvalue weighted by Crippen LogP contribution is -2.48. The average molecular weight is 380 g/mol. The van der Waals surface area contributed by atoms with E-state index in [4.69, 9.17) is 0 Å². The topological polar surface area (TPSA) is 53.5 Å². The van der Waals surface area contributed by atoms with Gasteiger partial charge in [-0.05, 0) is 43.5 Å². The van der Waals surface area contributed by atoms with Crippen molar-refractivity contribution in [3.8, 4) is 0 Å². The number of aryl methyl sites for hydroxylation is 1. The number of carbonyl (C=O) groups is 2. The normalized spacial score (nSPS) is 19.5. The summed E-state index contributed by atoms with van der Waals surface area (Å²) in [7, 11) is 1.85. The molecule has 0 spiro atoms. The third-order valence-electron chi connectivity index (χ3n) is 5.68. The van der Waals surface area contributed by atoms with Crippen LogP contribution in [-0.4, -0.2) is 46.7 Å². The number of hydrogen-bond acceptors (Lipinski definition) is 3. The zero-order valence-electron chi connectivity index (χ0n) is 17.0. The summed E-state index contributed by atoms with van der Waals surface area (Å²) < 4.78 is 0. The molecule has 148 valence electrons. The molecule has 2 amide bonds. The van der Waals surface area contributed by atoms with Crippen LogP contribution in [0.1, 0.15) is 42.6 Å². The van der Waals surface area contributed by atoms with Crippen LogP contribution in [0.5, 0.6) is 0 Å². The van der Waals surface area contributed by atoms with E-state index in [0.29, 0.717) is 25.9 Å². The van der Waals surface area contributed by atoms with Crippen LogP contribution in [0.3, 0.4) is 0 Å². The third kappa shape index (κ3) is 4.24. The molecule has 0 bridgehead atoms. The van der Waals surface area contributed by atoms with E-state index in [1.54, 1.807) is 11.1 Å². The predicted octanol–water partition coefficient (Wildman–Crippen LogP) is 3.39. The zero-order chi connectivity index (χ0) is 20.1. The minimum absolute atomic E-state index is 0.107. The third-order valence-corrected chi connectivity index (χ3v) is 5.68. The Morgan fingerprint density at radius 3 is 2.64 bits per heavy atom. The molecule has 5 nitrogen and oxygen atoms in total. The number of benzene rings is 1. The van der Waals surface area contributed by atoms with Crippen LogP contribution in [0.25, 0.3) is 0 Å². The number of likely N-dealkylation sites (tertiary alicyclic amines) is 1. The number of pyridine rings is 1. The number of hydrogen-bond donors (Lipinski definition) is 0. The summed E-state index contributed by atoms with van der Waals surface area (Å²) in [6, 6.07) is 13.7. The van der Waals surface area contributed by atoms with Gasteiger partial charge in [0.05, 0.1) is 12.0 Å². The fraction of sp³-hybridized carbons (Fsp3) is 0.435. The van der Waals surface area contributed by atoms with E-state index in [1.165, 1.54) is 0 Å². The number of rotatable bonds is 6. The molecule has 1 aliphatic heterocycles. The average Bonchev–Trinajstić information content (AvgIpc) is 2.72. The number of amides is 2. The molecule has 1 aromatic heterocycles. The molecule has 0 N–H and O–H groups in total. The van der Waals surface area contributed by atoms with Crippen molar-refractivity contribution < 1.29 is 9.59 Å². The molecule has 2 atom stereocenters. The number of carbonyl (C=O) groups excluding carboxylic acids is 2. The standard InChI is InChI=1S/C23H29N3O2/c1-4-26-21(27)13-12-20(22(26)19-11-6-5-9-17(19)2)23(28)25(3)16-14-18-10-7-8-15-24-18/h5-11,15,20,22H,4,12-14,16H2,1-3H3/t20-,22+/m1/s1. The van der Waals surface area contributed by atoms with Gasteiger partial charge in [-0.15, -0.1) is 0 Å². The van der Waals surface area contributed by atoms with Crippen molar-refractivity contribution in [3.63, 3.8) is 0 Å². The Balaban J connectivity index is 1.81. The van der Waals surface area contributed by atoms with Crippen molar-refractivity contribution in [2.45, 2.75) is 39.2 Å². The Kier molecular flexibility index (Phi) is 6.45. The maximum absolute atomic E-state index is 13.4. The highest BCUT2D eigenvalue weighted by Crippen LogP contribution is 2.38. The summed E-state index contributed by atoms with van der Waals surface area (Å²) in [6.07, 6.45) is 3.53. The first kappa shape index (κ1) is 20.1. The lowest BCUT2D eigenvalue weighted by Gasteiger charge is -2.42. The smallest absolute Gasteiger partial charge is 0.227 e. The van der Waals surface area contributed by atoms with Crippen molar-refractivity contribution in [2.24, 2.45) is 5.92 Å². The van der Waals surface area contributed by atoms with E-state index in [9.17, 15) is 9.59 Å². The van der Waals surface area contributed by atoms with Gasteiger partial charge < -0.3 is 9.80 Å². The van der Waals surface area contributed by atoms with E-state index in [-0.39, 0.29) is 23.8 Å². The van der Waals surface area contributed by atoms with Gasteiger partial charge in [0, 0.05) is 44.9 Å². The molecule has 2 heterocycles. The summed E-state index contributed by atoms with van der Waals surface area (Å²) in [6.45, 7) is 5.27. The van der Waals surface area contributed by atoms with Gasteiger partial charge in [-0.3, -0.25) is 14.6 Å². The molecular formula is C23H29N3O2. The Morgan fingerprint density at radius 2 is 1.96 bits per heavy atom. The minimum Gasteiger partial charge on any atom is -0.345 e. The minimum atomic E-state index is -0.215. The van der Waals surface area contributed by atoms with Crippen LogP contribution in [0.2, 0.25) is 0 Å². The molecule has 0 radical (unpaired) electrons. The maximum atomic E-state index is 13.4. The van der Waals surface area contributed by atoms with Gasteiger partial charge in [-0.2, -0.15) is 0 Å². The van der Waals surface area contributed by atoms with Crippen molar-refractivity contribution >= 4 is 11.8 Å². The molecular weight excluding hydrogens is 350 g/mol. The molecule has 1 aromatic carbocycles. The largest absolute Gasteiger partial charge is 0.345 e. The number of likely N-dealkylation sites (N-methyl/N-ethyl adjacent to an activating group) is 1. The van der Waals surface area contributed by atoms with Crippen molar-refractivity contribution in [3.05, 3.63) is 65.5 Å². The van der Waals surface area contributed by atoms with Crippen LogP contribution in [0.15, 0.2) is 48.7 Å². The fourth-order valence-electron chi connectivity index (χ4n) is 4.11. The van der Waals surface area contributed by atoms with Gasteiger partial charge in [0.25, 0.3) is 0 Å². The quantitative estimate of drug-likeness (QED) is 0.773. The van der Waals surface area contributed by atoms with Gasteiger partial charge in [-0.1, -0.05) is 30.3 Å². The molecule has 0 saturated carbocycles. The molecule has 1 fully saturated rings. The summed E-state index contributed by atoms with van der Waals surface area (Å²) in [4.78, 5) is 33.9. The van der Waals surface area contributed by atoms with Crippen LogP contribution < -0.4 is 0 Å². The van der Waals surface area contributed by atoms with Crippen molar-refractivity contribution in [1.29, 1.82) is 0 Å². The maximum Gasteiger partial charge on any atom is 0.227 e. The van der Waals surface area contributed by atoms with Gasteiger partial charge in [0.2, 0.25) is 11.8 Å². The summed E-state index contributed by atoms with van der Waals surface area (Å²) >= 11 is 0. The number of piperidine rings is 1. The summed E-state index contributed by atoms with van der Waals surface area (Å²) in [5.41, 5.74) is 3.18. The number of aromatic nitrogens is 1. The van der Waals surface area contributed by atoms with E-state index in [1.807, 2.05) is 49.2 Å².